The van der Waals surface area contributed by atoms with Crippen molar-refractivity contribution in [1.82, 2.24) is 14.5 Å². The molecule has 2 N–H and O–H groups in total. The van der Waals surface area contributed by atoms with E-state index in [9.17, 15) is 14.7 Å². The van der Waals surface area contributed by atoms with E-state index in [-0.39, 0.29) is 12.4 Å². The Morgan fingerprint density at radius 3 is 2.67 bits per heavy atom. The van der Waals surface area contributed by atoms with Gasteiger partial charge in [0.2, 0.25) is 18.4 Å². The van der Waals surface area contributed by atoms with Crippen molar-refractivity contribution < 1.29 is 24.1 Å². The van der Waals surface area contributed by atoms with Crippen molar-refractivity contribution in [2.75, 3.05) is 34.6 Å². The molecule has 10 nitrogen and oxygen atoms in total. The second-order valence-electron chi connectivity index (χ2n) is 7.85. The average Bonchev–Trinajstić information content (AvgIpc) is 3.27. The minimum Gasteiger partial charge on any atom is -0.495 e. The van der Waals surface area contributed by atoms with Gasteiger partial charge in [0.15, 0.2) is 11.5 Å². The molecule has 1 aromatic heterocycles. The van der Waals surface area contributed by atoms with Crippen LogP contribution in [0.25, 0.3) is 5.69 Å². The molecule has 0 aliphatic carbocycles. The Balaban J connectivity index is 1.80. The van der Waals surface area contributed by atoms with Gasteiger partial charge in [-0.1, -0.05) is 12.1 Å². The standard InChI is InChI=1S/C23H23N3O7/c1-25-9-8-12-10-15-19(33-11-32-15)20(31-3)16(12)18(25)17-21(27)24-23(29)26(22(17)28)13-6-4-5-7-14(13)30-2/h4-7,10,18,28H,8-9,11H2,1-3H3,(H,24,27,29)/t18-/m0/s1. The van der Waals surface area contributed by atoms with Gasteiger partial charge in [-0.2, -0.15) is 0 Å². The third kappa shape index (κ3) is 3.13. The van der Waals surface area contributed by atoms with Crippen molar-refractivity contribution in [3.05, 3.63) is 67.9 Å². The summed E-state index contributed by atoms with van der Waals surface area (Å²) in [6.45, 7) is 0.673. The highest BCUT2D eigenvalue weighted by Gasteiger charge is 2.38. The van der Waals surface area contributed by atoms with E-state index in [4.69, 9.17) is 18.9 Å². The third-order valence-electron chi connectivity index (χ3n) is 6.12. The molecule has 10 heteroatoms. The number of ether oxygens (including phenoxy) is 4. The van der Waals surface area contributed by atoms with Gasteiger partial charge in [-0.3, -0.25) is 14.7 Å². The Hall–Kier alpha value is -3.92. The van der Waals surface area contributed by atoms with Gasteiger partial charge < -0.3 is 24.1 Å². The number of nitrogens with one attached hydrogen (secondary N) is 1. The Morgan fingerprint density at radius 1 is 1.12 bits per heavy atom. The van der Waals surface area contributed by atoms with E-state index in [0.717, 1.165) is 10.1 Å². The van der Waals surface area contributed by atoms with Gasteiger partial charge >= 0.3 is 5.69 Å². The highest BCUT2D eigenvalue weighted by Crippen LogP contribution is 2.51. The van der Waals surface area contributed by atoms with E-state index in [1.165, 1.54) is 14.2 Å². The Morgan fingerprint density at radius 2 is 1.91 bits per heavy atom. The minimum atomic E-state index is -0.776. The molecule has 2 aliphatic heterocycles. The maximum Gasteiger partial charge on any atom is 0.335 e. The van der Waals surface area contributed by atoms with Crippen LogP contribution in [0.5, 0.6) is 28.9 Å². The lowest BCUT2D eigenvalue weighted by Crippen LogP contribution is -2.39. The lowest BCUT2D eigenvalue weighted by atomic mass is 9.87. The van der Waals surface area contributed by atoms with E-state index >= 15 is 0 Å². The number of hydrogen-bond acceptors (Lipinski definition) is 8. The van der Waals surface area contributed by atoms with Crippen molar-refractivity contribution in [3.63, 3.8) is 0 Å². The normalized spacial score (nSPS) is 17.0. The molecule has 0 bridgehead atoms. The molecule has 0 saturated carbocycles. The maximum atomic E-state index is 13.1. The molecular weight excluding hydrogens is 430 g/mol. The fourth-order valence-electron chi connectivity index (χ4n) is 4.62. The first-order valence-electron chi connectivity index (χ1n) is 10.4. The molecule has 0 saturated heterocycles. The molecule has 1 atom stereocenters. The van der Waals surface area contributed by atoms with Gasteiger partial charge in [-0.05, 0) is 37.2 Å². The summed E-state index contributed by atoms with van der Waals surface area (Å²) in [4.78, 5) is 30.2. The van der Waals surface area contributed by atoms with E-state index in [2.05, 4.69) is 4.98 Å². The van der Waals surface area contributed by atoms with Crippen LogP contribution in [0.2, 0.25) is 0 Å². The van der Waals surface area contributed by atoms with Crippen LogP contribution < -0.4 is 30.2 Å². The molecule has 0 fully saturated rings. The van der Waals surface area contributed by atoms with E-state index in [0.29, 0.717) is 47.2 Å². The topological polar surface area (TPSA) is 115 Å². The summed E-state index contributed by atoms with van der Waals surface area (Å²) >= 11 is 0. The van der Waals surface area contributed by atoms with Crippen LogP contribution in [0.15, 0.2) is 39.9 Å². The van der Waals surface area contributed by atoms with Crippen molar-refractivity contribution >= 4 is 0 Å². The first-order chi connectivity index (χ1) is 16.0. The summed E-state index contributed by atoms with van der Waals surface area (Å²) in [7, 11) is 4.82. The number of aromatic hydroxyl groups is 1. The zero-order valence-electron chi connectivity index (χ0n) is 18.4. The fraction of sp³-hybridized carbons (Fsp3) is 0.304. The van der Waals surface area contributed by atoms with Crippen LogP contribution in [-0.2, 0) is 6.42 Å². The Labute approximate surface area is 188 Å². The van der Waals surface area contributed by atoms with Crippen LogP contribution >= 0.6 is 0 Å². The van der Waals surface area contributed by atoms with E-state index in [1.807, 2.05) is 18.0 Å². The van der Waals surface area contributed by atoms with E-state index in [1.54, 1.807) is 24.3 Å². The lowest BCUT2D eigenvalue weighted by molar-refractivity contribution is 0.170. The number of H-pyrrole nitrogens is 1. The molecule has 2 aliphatic rings. The summed E-state index contributed by atoms with van der Waals surface area (Å²) in [6.07, 6.45) is 0.681. The molecule has 0 radical (unpaired) electrons. The number of likely N-dealkylation sites (N-methyl/N-ethyl adjacent to an activating group) is 1. The number of nitrogens with zero attached hydrogens (tertiary/aromatic N) is 2. The number of hydrogen-bond donors (Lipinski definition) is 2. The quantitative estimate of drug-likeness (QED) is 0.612. The average molecular weight is 453 g/mol. The van der Waals surface area contributed by atoms with Crippen LogP contribution in [0.3, 0.4) is 0 Å². The van der Waals surface area contributed by atoms with Crippen molar-refractivity contribution in [2.24, 2.45) is 0 Å². The van der Waals surface area contributed by atoms with Crippen molar-refractivity contribution in [3.8, 4) is 34.6 Å². The second kappa shape index (κ2) is 7.89. The Bertz CT molecular complexity index is 1360. The fourth-order valence-corrected chi connectivity index (χ4v) is 4.62. The van der Waals surface area contributed by atoms with Crippen LogP contribution in [-0.4, -0.2) is 54.2 Å². The summed E-state index contributed by atoms with van der Waals surface area (Å²) in [5.74, 6) is 1.35. The number of benzene rings is 2. The highest BCUT2D eigenvalue weighted by molar-refractivity contribution is 5.63. The zero-order valence-corrected chi connectivity index (χ0v) is 18.4. The van der Waals surface area contributed by atoms with Gasteiger partial charge in [0.05, 0.1) is 31.5 Å². The first kappa shape index (κ1) is 21.0. The number of rotatable bonds is 4. The third-order valence-corrected chi connectivity index (χ3v) is 6.12. The van der Waals surface area contributed by atoms with E-state index < -0.39 is 23.2 Å². The molecule has 33 heavy (non-hydrogen) atoms. The number of fused-ring (bicyclic) bond motifs is 2. The molecule has 5 rings (SSSR count). The molecule has 0 amide bonds. The van der Waals surface area contributed by atoms with Gasteiger partial charge in [0.1, 0.15) is 5.75 Å². The van der Waals surface area contributed by atoms with Gasteiger partial charge in [-0.25, -0.2) is 9.36 Å². The van der Waals surface area contributed by atoms with Crippen molar-refractivity contribution in [1.29, 1.82) is 0 Å². The maximum absolute atomic E-state index is 13.1. The number of aromatic amines is 1. The second-order valence-corrected chi connectivity index (χ2v) is 7.85. The predicted octanol–water partition coefficient (Wildman–Crippen LogP) is 1.55. The molecule has 3 aromatic rings. The SMILES string of the molecule is COc1ccccc1-n1c(O)c([C@@H]2c3c(cc4c(c3OC)OCO4)CCN2C)c(=O)[nH]c1=O. The lowest BCUT2D eigenvalue weighted by Gasteiger charge is -2.36. The molecule has 0 spiro atoms. The van der Waals surface area contributed by atoms with Crippen molar-refractivity contribution in [2.45, 2.75) is 12.5 Å². The summed E-state index contributed by atoms with van der Waals surface area (Å²) in [5, 5.41) is 11.3. The summed E-state index contributed by atoms with van der Waals surface area (Å²) < 4.78 is 23.3. The summed E-state index contributed by atoms with van der Waals surface area (Å²) in [5.41, 5.74) is 0.446. The van der Waals surface area contributed by atoms with Gasteiger partial charge in [0, 0.05) is 12.1 Å². The number of para-hydroxylation sites is 2. The molecular formula is C23H23N3O7. The zero-order chi connectivity index (χ0) is 23.3. The van der Waals surface area contributed by atoms with Crippen LogP contribution in [0.1, 0.15) is 22.7 Å². The number of aromatic nitrogens is 2. The van der Waals surface area contributed by atoms with Crippen LogP contribution in [0, 0.1) is 0 Å². The monoisotopic (exact) mass is 453 g/mol. The summed E-state index contributed by atoms with van der Waals surface area (Å²) in [6, 6.07) is 7.91. The smallest absolute Gasteiger partial charge is 0.335 e. The molecule has 3 heterocycles. The first-order valence-corrected chi connectivity index (χ1v) is 10.4. The van der Waals surface area contributed by atoms with Crippen LogP contribution in [0.4, 0.5) is 0 Å². The van der Waals surface area contributed by atoms with Gasteiger partial charge in [0.25, 0.3) is 5.56 Å². The Kier molecular flexibility index (Phi) is 5.01. The minimum absolute atomic E-state index is 0.0149. The molecule has 172 valence electrons. The molecule has 2 aromatic carbocycles. The number of methoxy groups -OCH3 is 2. The molecule has 0 unspecified atom stereocenters. The predicted molar refractivity (Wildman–Crippen MR) is 118 cm³/mol. The largest absolute Gasteiger partial charge is 0.495 e. The van der Waals surface area contributed by atoms with Gasteiger partial charge in [-0.15, -0.1) is 0 Å². The highest BCUT2D eigenvalue weighted by atomic mass is 16.7.